The number of unbranched alkanes of at least 4 members (excludes halogenated alkanes) is 2. The molecule has 1 aliphatic heterocycles. The molecule has 1 atom stereocenters. The van der Waals surface area contributed by atoms with Gasteiger partial charge in [0.05, 0.1) is 25.3 Å². The Morgan fingerprint density at radius 1 is 1.05 bits per heavy atom. The van der Waals surface area contributed by atoms with Crippen LogP contribution < -0.4 is 9.47 Å². The summed E-state index contributed by atoms with van der Waals surface area (Å²) in [5, 5.41) is 11.2. The highest BCUT2D eigenvalue weighted by molar-refractivity contribution is 6.46. The Labute approximate surface area is 215 Å². The number of nitrogens with zero attached hydrogens (tertiary/aromatic N) is 2. The summed E-state index contributed by atoms with van der Waals surface area (Å²) in [5.41, 5.74) is 1.35. The van der Waals surface area contributed by atoms with Crippen LogP contribution in [0.5, 0.6) is 11.5 Å². The standard InChI is InChI=1S/C29H29FN2O5/c1-3-4-5-16-37-22-9-6-20(7-10-22)26-25(27(33)21-8-11-24(36-2)23(30)17-21)28(34)29(35)32(26)18-19-12-14-31-15-13-19/h6-15,17,26,33H,3-5,16,18H2,1-2H3/b27-25+. The first-order valence-corrected chi connectivity index (χ1v) is 12.2. The maximum absolute atomic E-state index is 14.4. The van der Waals surface area contributed by atoms with Gasteiger partial charge in [-0.2, -0.15) is 0 Å². The molecule has 0 saturated carbocycles. The number of aliphatic hydroxyl groups is 1. The number of benzene rings is 2. The zero-order valence-corrected chi connectivity index (χ0v) is 20.8. The number of ether oxygens (including phenoxy) is 2. The van der Waals surface area contributed by atoms with Crippen LogP contribution in [-0.4, -0.2) is 40.4 Å². The van der Waals surface area contributed by atoms with E-state index in [0.717, 1.165) is 30.9 Å². The second-order valence-corrected chi connectivity index (χ2v) is 8.76. The van der Waals surface area contributed by atoms with Gasteiger partial charge in [0.25, 0.3) is 11.7 Å². The Morgan fingerprint density at radius 2 is 1.78 bits per heavy atom. The van der Waals surface area contributed by atoms with Crippen molar-refractivity contribution in [2.24, 2.45) is 0 Å². The highest BCUT2D eigenvalue weighted by Crippen LogP contribution is 2.41. The van der Waals surface area contributed by atoms with Gasteiger partial charge in [0, 0.05) is 24.5 Å². The van der Waals surface area contributed by atoms with Gasteiger partial charge in [-0.15, -0.1) is 0 Å². The lowest BCUT2D eigenvalue weighted by Gasteiger charge is -2.25. The van der Waals surface area contributed by atoms with Gasteiger partial charge in [-0.1, -0.05) is 31.9 Å². The molecule has 1 aliphatic rings. The minimum absolute atomic E-state index is 0.000707. The van der Waals surface area contributed by atoms with Gasteiger partial charge in [-0.05, 0) is 60.0 Å². The zero-order valence-electron chi connectivity index (χ0n) is 20.8. The normalized spacial score (nSPS) is 16.7. The van der Waals surface area contributed by atoms with E-state index in [2.05, 4.69) is 11.9 Å². The first kappa shape index (κ1) is 25.9. The molecule has 0 bridgehead atoms. The molecule has 2 heterocycles. The van der Waals surface area contributed by atoms with Crippen molar-refractivity contribution in [3.63, 3.8) is 0 Å². The lowest BCUT2D eigenvalue weighted by molar-refractivity contribution is -0.140. The summed E-state index contributed by atoms with van der Waals surface area (Å²) >= 11 is 0. The second-order valence-electron chi connectivity index (χ2n) is 8.76. The Balaban J connectivity index is 1.74. The fourth-order valence-electron chi connectivity index (χ4n) is 4.33. The molecule has 3 aromatic rings. The number of Topliss-reactive ketones (excluding diaryl/α,β-unsaturated/α-hetero) is 1. The van der Waals surface area contributed by atoms with Crippen LogP contribution in [0.4, 0.5) is 4.39 Å². The number of pyridine rings is 1. The molecule has 1 N–H and O–H groups in total. The van der Waals surface area contributed by atoms with Crippen LogP contribution in [0.3, 0.4) is 0 Å². The van der Waals surface area contributed by atoms with Crippen molar-refractivity contribution in [1.82, 2.24) is 9.88 Å². The number of hydrogen-bond donors (Lipinski definition) is 1. The molecule has 7 nitrogen and oxygen atoms in total. The third kappa shape index (κ3) is 5.63. The Morgan fingerprint density at radius 3 is 2.43 bits per heavy atom. The van der Waals surface area contributed by atoms with Gasteiger partial charge in [-0.25, -0.2) is 4.39 Å². The van der Waals surface area contributed by atoms with Gasteiger partial charge in [0.2, 0.25) is 0 Å². The molecule has 1 saturated heterocycles. The highest BCUT2D eigenvalue weighted by Gasteiger charge is 2.46. The van der Waals surface area contributed by atoms with Gasteiger partial charge >= 0.3 is 0 Å². The number of hydrogen-bond acceptors (Lipinski definition) is 6. The van der Waals surface area contributed by atoms with E-state index in [-0.39, 0.29) is 23.4 Å². The van der Waals surface area contributed by atoms with Crippen LogP contribution in [0.15, 0.2) is 72.6 Å². The summed E-state index contributed by atoms with van der Waals surface area (Å²) in [4.78, 5) is 31.8. The maximum atomic E-state index is 14.4. The lowest BCUT2D eigenvalue weighted by Crippen LogP contribution is -2.29. The topological polar surface area (TPSA) is 89.0 Å². The fourth-order valence-corrected chi connectivity index (χ4v) is 4.33. The molecule has 192 valence electrons. The minimum Gasteiger partial charge on any atom is -0.507 e. The van der Waals surface area contributed by atoms with Crippen molar-refractivity contribution in [2.75, 3.05) is 13.7 Å². The molecule has 0 spiro atoms. The Hall–Kier alpha value is -4.20. The van der Waals surface area contributed by atoms with Crippen molar-refractivity contribution in [2.45, 2.75) is 38.8 Å². The van der Waals surface area contributed by atoms with Gasteiger partial charge < -0.3 is 19.5 Å². The second kappa shape index (κ2) is 11.7. The van der Waals surface area contributed by atoms with Crippen molar-refractivity contribution in [1.29, 1.82) is 0 Å². The summed E-state index contributed by atoms with van der Waals surface area (Å²) in [6, 6.07) is 13.6. The van der Waals surface area contributed by atoms with Gasteiger partial charge in [0.1, 0.15) is 11.5 Å². The molecule has 8 heteroatoms. The fraction of sp³-hybridized carbons (Fsp3) is 0.276. The number of halogens is 1. The van der Waals surface area contributed by atoms with Gasteiger partial charge in [-0.3, -0.25) is 14.6 Å². The average Bonchev–Trinajstić information content (AvgIpc) is 3.16. The van der Waals surface area contributed by atoms with Crippen molar-refractivity contribution in [3.05, 3.63) is 95.1 Å². The highest BCUT2D eigenvalue weighted by atomic mass is 19.1. The molecule has 1 amide bonds. The minimum atomic E-state index is -0.882. The van der Waals surface area contributed by atoms with Crippen LogP contribution in [0.1, 0.15) is 48.9 Å². The number of ketones is 1. The number of rotatable bonds is 10. The summed E-state index contributed by atoms with van der Waals surface area (Å²) in [6.45, 7) is 2.84. The van der Waals surface area contributed by atoms with Crippen LogP contribution in [0.25, 0.3) is 5.76 Å². The van der Waals surface area contributed by atoms with E-state index in [1.54, 1.807) is 48.8 Å². The van der Waals surface area contributed by atoms with Crippen LogP contribution in [0.2, 0.25) is 0 Å². The smallest absolute Gasteiger partial charge is 0.295 e. The van der Waals surface area contributed by atoms with E-state index in [9.17, 15) is 19.1 Å². The summed E-state index contributed by atoms with van der Waals surface area (Å²) in [5.74, 6) is -2.07. The van der Waals surface area contributed by atoms with E-state index in [4.69, 9.17) is 9.47 Å². The predicted molar refractivity (Wildman–Crippen MR) is 136 cm³/mol. The quantitative estimate of drug-likeness (QED) is 0.172. The molecular weight excluding hydrogens is 475 g/mol. The molecule has 2 aromatic carbocycles. The van der Waals surface area contributed by atoms with Crippen LogP contribution in [0, 0.1) is 5.82 Å². The molecule has 1 fully saturated rings. The van der Waals surface area contributed by atoms with E-state index >= 15 is 0 Å². The first-order chi connectivity index (χ1) is 17.9. The molecule has 4 rings (SSSR count). The van der Waals surface area contributed by atoms with Crippen LogP contribution >= 0.6 is 0 Å². The van der Waals surface area contributed by atoms with E-state index in [0.29, 0.717) is 17.9 Å². The molecule has 0 radical (unpaired) electrons. The number of amides is 1. The predicted octanol–water partition coefficient (Wildman–Crippen LogP) is 5.42. The number of carbonyl (C=O) groups is 2. The SMILES string of the molecule is CCCCCOc1ccc(C2/C(=C(\O)c3ccc(OC)c(F)c3)C(=O)C(=O)N2Cc2ccncc2)cc1. The van der Waals surface area contributed by atoms with E-state index in [1.165, 1.54) is 24.1 Å². The van der Waals surface area contributed by atoms with Crippen molar-refractivity contribution in [3.8, 4) is 11.5 Å². The maximum Gasteiger partial charge on any atom is 0.295 e. The lowest BCUT2D eigenvalue weighted by atomic mass is 9.95. The van der Waals surface area contributed by atoms with Crippen molar-refractivity contribution >= 4 is 17.4 Å². The molecule has 1 aromatic heterocycles. The number of carbonyl (C=O) groups excluding carboxylic acids is 2. The molecular formula is C29H29FN2O5. The van der Waals surface area contributed by atoms with Crippen molar-refractivity contribution < 1.29 is 28.6 Å². The number of aromatic nitrogens is 1. The Kier molecular flexibility index (Phi) is 8.18. The zero-order chi connectivity index (χ0) is 26.4. The third-order valence-corrected chi connectivity index (χ3v) is 6.28. The number of likely N-dealkylation sites (tertiary alicyclic amines) is 1. The number of aliphatic hydroxyl groups excluding tert-OH is 1. The average molecular weight is 505 g/mol. The largest absolute Gasteiger partial charge is 0.507 e. The van der Waals surface area contributed by atoms with Gasteiger partial charge in [0.15, 0.2) is 11.6 Å². The molecule has 37 heavy (non-hydrogen) atoms. The van der Waals surface area contributed by atoms with E-state index < -0.39 is 29.3 Å². The Bertz CT molecular complexity index is 1290. The third-order valence-electron chi connectivity index (χ3n) is 6.28. The first-order valence-electron chi connectivity index (χ1n) is 12.2. The number of methoxy groups -OCH3 is 1. The monoisotopic (exact) mass is 504 g/mol. The molecule has 1 unspecified atom stereocenters. The van der Waals surface area contributed by atoms with E-state index in [1.807, 2.05) is 0 Å². The summed E-state index contributed by atoms with van der Waals surface area (Å²) in [6.07, 6.45) is 6.32. The van der Waals surface area contributed by atoms with Crippen LogP contribution in [-0.2, 0) is 16.1 Å². The summed E-state index contributed by atoms with van der Waals surface area (Å²) in [7, 11) is 1.33. The summed E-state index contributed by atoms with van der Waals surface area (Å²) < 4.78 is 25.2. The molecule has 0 aliphatic carbocycles.